The molecular formula is C23H25IN6O2S. The highest BCUT2D eigenvalue weighted by atomic mass is 127. The van der Waals surface area contributed by atoms with E-state index in [1.54, 1.807) is 26.3 Å². The van der Waals surface area contributed by atoms with Crippen LogP contribution in [-0.4, -0.2) is 39.2 Å². The molecule has 1 unspecified atom stereocenters. The van der Waals surface area contributed by atoms with E-state index in [0.29, 0.717) is 18.2 Å². The van der Waals surface area contributed by atoms with Crippen molar-refractivity contribution in [1.82, 2.24) is 20.2 Å². The van der Waals surface area contributed by atoms with Crippen LogP contribution in [0.15, 0.2) is 71.4 Å². The van der Waals surface area contributed by atoms with Gasteiger partial charge >= 0.3 is 0 Å². The van der Waals surface area contributed by atoms with Crippen LogP contribution < -0.4 is 15.5 Å². The number of methoxy groups -OCH3 is 1. The van der Waals surface area contributed by atoms with Gasteiger partial charge in [0.2, 0.25) is 0 Å². The minimum absolute atomic E-state index is 0.225. The number of ether oxygens (including phenoxy) is 1. The van der Waals surface area contributed by atoms with Crippen LogP contribution in [0.3, 0.4) is 0 Å². The lowest BCUT2D eigenvalue weighted by Gasteiger charge is -2.12. The summed E-state index contributed by atoms with van der Waals surface area (Å²) in [6.07, 6.45) is 3.37. The van der Waals surface area contributed by atoms with Crippen molar-refractivity contribution >= 4 is 52.2 Å². The number of nitrogens with zero attached hydrogens (tertiary/aromatic N) is 4. The smallest absolute Gasteiger partial charge is 0.253 e. The molecule has 1 atom stereocenters. The number of carbonyl (C=O) groups excluding carboxylic acids is 1. The predicted molar refractivity (Wildman–Crippen MR) is 141 cm³/mol. The number of anilines is 1. The van der Waals surface area contributed by atoms with Crippen molar-refractivity contribution in [1.29, 1.82) is 0 Å². The van der Waals surface area contributed by atoms with Gasteiger partial charge in [-0.1, -0.05) is 17.8 Å². The fraction of sp³-hybridized carbons (Fsp3) is 0.217. The van der Waals surface area contributed by atoms with E-state index < -0.39 is 5.25 Å². The van der Waals surface area contributed by atoms with Gasteiger partial charge in [-0.3, -0.25) is 4.79 Å². The zero-order valence-electron chi connectivity index (χ0n) is 18.4. The molecule has 0 saturated carbocycles. The van der Waals surface area contributed by atoms with Gasteiger partial charge in [0.25, 0.3) is 5.91 Å². The number of thioether (sulfide) groups is 1. The number of benzene rings is 2. The van der Waals surface area contributed by atoms with Gasteiger partial charge in [-0.25, -0.2) is 5.43 Å². The third-order valence-electron chi connectivity index (χ3n) is 4.56. The molecule has 1 aromatic heterocycles. The number of aromatic nitrogens is 3. The van der Waals surface area contributed by atoms with Crippen molar-refractivity contribution in [2.45, 2.75) is 30.4 Å². The molecule has 2 aromatic carbocycles. The number of carbonyl (C=O) groups is 1. The van der Waals surface area contributed by atoms with E-state index in [1.165, 1.54) is 15.3 Å². The molecule has 0 aliphatic carbocycles. The topological polar surface area (TPSA) is 93.4 Å². The first-order chi connectivity index (χ1) is 16.0. The Hall–Kier alpha value is -2.86. The lowest BCUT2D eigenvalue weighted by Crippen LogP contribution is -2.27. The summed E-state index contributed by atoms with van der Waals surface area (Å²) in [6.45, 7) is 6.69. The van der Waals surface area contributed by atoms with E-state index in [1.807, 2.05) is 53.1 Å². The van der Waals surface area contributed by atoms with Crippen molar-refractivity contribution in [3.8, 4) is 5.75 Å². The first-order valence-corrected chi connectivity index (χ1v) is 12.1. The number of nitrogens with one attached hydrogen (secondary N) is 2. The highest BCUT2D eigenvalue weighted by Gasteiger charge is 2.19. The van der Waals surface area contributed by atoms with Crippen LogP contribution in [0.4, 0.5) is 5.69 Å². The zero-order chi connectivity index (χ0) is 23.6. The van der Waals surface area contributed by atoms with E-state index in [4.69, 9.17) is 4.74 Å². The summed E-state index contributed by atoms with van der Waals surface area (Å²) in [5, 5.41) is 16.2. The number of hydrogen-bond donors (Lipinski definition) is 2. The Kier molecular flexibility index (Phi) is 9.31. The fourth-order valence-corrected chi connectivity index (χ4v) is 3.99. The molecule has 3 rings (SSSR count). The Labute approximate surface area is 211 Å². The van der Waals surface area contributed by atoms with Crippen molar-refractivity contribution in [3.05, 3.63) is 76.1 Å². The molecule has 0 fully saturated rings. The zero-order valence-corrected chi connectivity index (χ0v) is 21.3. The Morgan fingerprint density at radius 1 is 1.24 bits per heavy atom. The molecule has 0 bridgehead atoms. The van der Waals surface area contributed by atoms with Gasteiger partial charge in [0.1, 0.15) is 5.75 Å². The Morgan fingerprint density at radius 2 is 1.97 bits per heavy atom. The first-order valence-electron chi connectivity index (χ1n) is 10.2. The first kappa shape index (κ1) is 24.8. The monoisotopic (exact) mass is 576 g/mol. The quantitative estimate of drug-likeness (QED) is 0.116. The van der Waals surface area contributed by atoms with E-state index in [0.717, 1.165) is 22.8 Å². The number of hydrazone groups is 1. The normalized spacial score (nSPS) is 11.8. The maximum Gasteiger partial charge on any atom is 0.253 e. The second-order valence-corrected chi connectivity index (χ2v) is 9.48. The van der Waals surface area contributed by atoms with Crippen molar-refractivity contribution < 1.29 is 9.53 Å². The average Bonchev–Trinajstić information content (AvgIpc) is 3.20. The van der Waals surface area contributed by atoms with Gasteiger partial charge < -0.3 is 14.6 Å². The standard InChI is InChI=1S/C23H25IN6O2S/c1-4-13-30-21(15-25-19-9-7-18(24)8-10-19)27-29-23(30)33-16(2)22(31)28-26-14-17-5-11-20(32-3)12-6-17/h4-12,14,16,25H,1,13,15H2,2-3H3,(H,28,31). The molecule has 2 N–H and O–H groups in total. The highest BCUT2D eigenvalue weighted by molar-refractivity contribution is 14.1. The van der Waals surface area contributed by atoms with Gasteiger partial charge in [0.05, 0.1) is 25.1 Å². The Bertz CT molecular complexity index is 1100. The van der Waals surface area contributed by atoms with Crippen LogP contribution >= 0.6 is 34.4 Å². The van der Waals surface area contributed by atoms with Gasteiger partial charge in [-0.2, -0.15) is 5.10 Å². The maximum absolute atomic E-state index is 12.5. The maximum atomic E-state index is 12.5. The lowest BCUT2D eigenvalue weighted by molar-refractivity contribution is -0.120. The molecule has 0 aliphatic rings. The van der Waals surface area contributed by atoms with Crippen LogP contribution in [0.1, 0.15) is 18.3 Å². The molecule has 0 saturated heterocycles. The second-order valence-electron chi connectivity index (χ2n) is 6.93. The molecule has 0 radical (unpaired) electrons. The third kappa shape index (κ3) is 7.32. The summed E-state index contributed by atoms with van der Waals surface area (Å²) in [4.78, 5) is 12.5. The number of halogens is 1. The molecular weight excluding hydrogens is 551 g/mol. The van der Waals surface area contributed by atoms with E-state index in [2.05, 4.69) is 55.2 Å². The molecule has 3 aromatic rings. The summed E-state index contributed by atoms with van der Waals surface area (Å²) in [6, 6.07) is 15.5. The lowest BCUT2D eigenvalue weighted by atomic mass is 10.2. The summed E-state index contributed by atoms with van der Waals surface area (Å²) in [5.74, 6) is 1.30. The van der Waals surface area contributed by atoms with Gasteiger partial charge in [0.15, 0.2) is 11.0 Å². The summed E-state index contributed by atoms with van der Waals surface area (Å²) in [5.41, 5.74) is 4.43. The number of allylic oxidation sites excluding steroid dienone is 1. The van der Waals surface area contributed by atoms with Gasteiger partial charge in [-0.05, 0) is 83.6 Å². The minimum atomic E-state index is -0.414. The molecule has 0 aliphatic heterocycles. The SMILES string of the molecule is C=CCn1c(CNc2ccc(I)cc2)nnc1SC(C)C(=O)NN=Cc1ccc(OC)cc1. The van der Waals surface area contributed by atoms with Crippen molar-refractivity contribution in [2.24, 2.45) is 5.10 Å². The molecule has 0 spiro atoms. The highest BCUT2D eigenvalue weighted by Crippen LogP contribution is 2.23. The van der Waals surface area contributed by atoms with E-state index >= 15 is 0 Å². The number of rotatable bonds is 11. The van der Waals surface area contributed by atoms with Crippen molar-refractivity contribution in [2.75, 3.05) is 12.4 Å². The van der Waals surface area contributed by atoms with Crippen LogP contribution in [-0.2, 0) is 17.9 Å². The van der Waals surface area contributed by atoms with Crippen LogP contribution in [0.2, 0.25) is 0 Å². The van der Waals surface area contributed by atoms with Crippen LogP contribution in [0, 0.1) is 3.57 Å². The summed E-state index contributed by atoms with van der Waals surface area (Å²) < 4.78 is 8.25. The molecule has 8 nitrogen and oxygen atoms in total. The summed E-state index contributed by atoms with van der Waals surface area (Å²) in [7, 11) is 1.61. The summed E-state index contributed by atoms with van der Waals surface area (Å²) >= 11 is 3.60. The van der Waals surface area contributed by atoms with Crippen molar-refractivity contribution in [3.63, 3.8) is 0 Å². The van der Waals surface area contributed by atoms with Crippen LogP contribution in [0.25, 0.3) is 0 Å². The average molecular weight is 576 g/mol. The molecule has 33 heavy (non-hydrogen) atoms. The largest absolute Gasteiger partial charge is 0.497 e. The van der Waals surface area contributed by atoms with Gasteiger partial charge in [-0.15, -0.1) is 16.8 Å². The molecule has 1 amide bonds. The third-order valence-corrected chi connectivity index (χ3v) is 6.36. The predicted octanol–water partition coefficient (Wildman–Crippen LogP) is 4.32. The molecule has 10 heteroatoms. The van der Waals surface area contributed by atoms with E-state index in [-0.39, 0.29) is 5.91 Å². The fourth-order valence-electron chi connectivity index (χ4n) is 2.76. The Morgan fingerprint density at radius 3 is 2.64 bits per heavy atom. The minimum Gasteiger partial charge on any atom is -0.497 e. The van der Waals surface area contributed by atoms with Gasteiger partial charge in [0, 0.05) is 15.8 Å². The number of hydrogen-bond acceptors (Lipinski definition) is 7. The van der Waals surface area contributed by atoms with E-state index in [9.17, 15) is 4.79 Å². The second kappa shape index (κ2) is 12.4. The molecule has 1 heterocycles. The molecule has 172 valence electrons. The number of amides is 1. The van der Waals surface area contributed by atoms with Crippen LogP contribution in [0.5, 0.6) is 5.75 Å². The Balaban J connectivity index is 1.58.